The molecular weight excluding hydrogens is 540 g/mol. The second-order valence-electron chi connectivity index (χ2n) is 7.75. The molecule has 12 nitrogen and oxygen atoms in total. The van der Waals surface area contributed by atoms with E-state index in [1.807, 2.05) is 0 Å². The minimum Gasteiger partial charge on any atom is -0.462 e. The number of carbonyl (C=O) groups excluding carboxylic acids is 1. The first-order valence-electron chi connectivity index (χ1n) is 11.1. The lowest BCUT2D eigenvalue weighted by Gasteiger charge is -2.11. The quantitative estimate of drug-likeness (QED) is 0.125. The van der Waals surface area contributed by atoms with Gasteiger partial charge in [0.2, 0.25) is 11.6 Å². The van der Waals surface area contributed by atoms with Crippen LogP contribution in [0.2, 0.25) is 0 Å². The fraction of sp³-hybridized carbons (Fsp3) is 0.167. The number of oxazole rings is 1. The molecule has 4 rings (SSSR count). The van der Waals surface area contributed by atoms with Crippen molar-refractivity contribution in [1.82, 2.24) is 4.98 Å². The molecular formula is C24H20N2O10S2. The number of ether oxygens (including phenoxy) is 1. The monoisotopic (exact) mass is 560 g/mol. The van der Waals surface area contributed by atoms with Gasteiger partial charge in [-0.2, -0.15) is 8.42 Å². The van der Waals surface area contributed by atoms with Gasteiger partial charge in [-0.15, -0.1) is 0 Å². The van der Waals surface area contributed by atoms with E-state index in [2.05, 4.69) is 4.98 Å². The minimum atomic E-state index is -4.68. The molecule has 0 N–H and O–H groups in total. The highest BCUT2D eigenvalue weighted by atomic mass is 32.2. The number of nitrogens with zero attached hydrogens (tertiary/aromatic N) is 2. The highest BCUT2D eigenvalue weighted by Gasteiger charge is 2.29. The van der Waals surface area contributed by atoms with Crippen LogP contribution in [0.1, 0.15) is 24.2 Å². The van der Waals surface area contributed by atoms with Crippen LogP contribution in [0.5, 0.6) is 5.75 Å². The molecule has 14 heteroatoms. The Morgan fingerprint density at radius 1 is 1.03 bits per heavy atom. The molecule has 0 aliphatic carbocycles. The van der Waals surface area contributed by atoms with Crippen molar-refractivity contribution in [2.75, 3.05) is 12.4 Å². The van der Waals surface area contributed by atoms with Crippen LogP contribution < -0.4 is 4.18 Å². The summed E-state index contributed by atoms with van der Waals surface area (Å²) in [5.74, 6) is -1.67. The van der Waals surface area contributed by atoms with E-state index in [4.69, 9.17) is 13.3 Å². The van der Waals surface area contributed by atoms with Crippen LogP contribution in [-0.2, 0) is 24.7 Å². The topological polar surface area (TPSA) is 173 Å². The standard InChI is InChI=1S/C24H20N2O10S2/c1-3-34-24(27)17-7-5-6-8-22(17)38(32,33)36-21-11-9-15(13-19(21)26(28)29)23-25-18-14-16(37(30,31)4-2)10-12-20(18)35-23/h5-14H,3-4H2,1-2H3. The highest BCUT2D eigenvalue weighted by molar-refractivity contribution is 7.91. The van der Waals surface area contributed by atoms with Crippen molar-refractivity contribution in [2.24, 2.45) is 0 Å². The van der Waals surface area contributed by atoms with Crippen LogP contribution in [0.3, 0.4) is 0 Å². The third kappa shape index (κ3) is 5.21. The van der Waals surface area contributed by atoms with Crippen molar-refractivity contribution in [3.8, 4) is 17.2 Å². The number of aromatic nitrogens is 1. The second-order valence-corrected chi connectivity index (χ2v) is 11.5. The van der Waals surface area contributed by atoms with Crippen molar-refractivity contribution in [3.63, 3.8) is 0 Å². The van der Waals surface area contributed by atoms with Gasteiger partial charge in [-0.1, -0.05) is 19.1 Å². The van der Waals surface area contributed by atoms with Crippen LogP contribution in [0.4, 0.5) is 5.69 Å². The molecule has 0 saturated carbocycles. The van der Waals surface area contributed by atoms with Gasteiger partial charge in [0, 0.05) is 11.6 Å². The lowest BCUT2D eigenvalue weighted by Crippen LogP contribution is -2.16. The molecule has 1 aromatic heterocycles. The summed E-state index contributed by atoms with van der Waals surface area (Å²) in [5, 5.41) is 11.8. The Kier molecular flexibility index (Phi) is 7.20. The highest BCUT2D eigenvalue weighted by Crippen LogP contribution is 2.35. The number of rotatable bonds is 9. The Morgan fingerprint density at radius 2 is 1.76 bits per heavy atom. The maximum Gasteiger partial charge on any atom is 0.340 e. The van der Waals surface area contributed by atoms with Crippen LogP contribution in [0.25, 0.3) is 22.6 Å². The summed E-state index contributed by atoms with van der Waals surface area (Å²) in [5.41, 5.74) is -0.419. The van der Waals surface area contributed by atoms with Gasteiger partial charge in [-0.3, -0.25) is 10.1 Å². The number of fused-ring (bicyclic) bond motifs is 1. The van der Waals surface area contributed by atoms with E-state index in [1.165, 1.54) is 49.4 Å². The number of hydrogen-bond acceptors (Lipinski definition) is 11. The van der Waals surface area contributed by atoms with Gasteiger partial charge in [-0.05, 0) is 49.4 Å². The number of nitro benzene ring substituents is 1. The van der Waals surface area contributed by atoms with E-state index in [0.29, 0.717) is 0 Å². The van der Waals surface area contributed by atoms with Crippen molar-refractivity contribution < 1.29 is 39.9 Å². The maximum absolute atomic E-state index is 13.0. The lowest BCUT2D eigenvalue weighted by molar-refractivity contribution is -0.385. The third-order valence-electron chi connectivity index (χ3n) is 5.35. The van der Waals surface area contributed by atoms with Gasteiger partial charge in [-0.25, -0.2) is 18.2 Å². The zero-order valence-electron chi connectivity index (χ0n) is 20.0. The first kappa shape index (κ1) is 26.8. The van der Waals surface area contributed by atoms with Crippen LogP contribution >= 0.6 is 0 Å². The van der Waals surface area contributed by atoms with Gasteiger partial charge >= 0.3 is 21.8 Å². The minimum absolute atomic E-state index is 0.00651. The Hall–Kier alpha value is -4.30. The zero-order chi connectivity index (χ0) is 27.7. The van der Waals surface area contributed by atoms with Crippen LogP contribution in [-0.4, -0.2) is 45.1 Å². The average Bonchev–Trinajstić information content (AvgIpc) is 3.32. The average molecular weight is 561 g/mol. The summed E-state index contributed by atoms with van der Waals surface area (Å²) in [6, 6.07) is 12.6. The van der Waals surface area contributed by atoms with Gasteiger partial charge in [0.15, 0.2) is 15.4 Å². The first-order chi connectivity index (χ1) is 18.0. The Labute approximate surface area is 217 Å². The molecule has 0 atom stereocenters. The van der Waals surface area contributed by atoms with Crippen molar-refractivity contribution in [1.29, 1.82) is 0 Å². The molecule has 0 amide bonds. The Bertz CT molecular complexity index is 1780. The Morgan fingerprint density at radius 3 is 2.45 bits per heavy atom. The van der Waals surface area contributed by atoms with Crippen LogP contribution in [0, 0.1) is 10.1 Å². The number of sulfone groups is 1. The van der Waals surface area contributed by atoms with Crippen LogP contribution in [0.15, 0.2) is 74.9 Å². The smallest absolute Gasteiger partial charge is 0.340 e. The molecule has 0 radical (unpaired) electrons. The summed E-state index contributed by atoms with van der Waals surface area (Å²) in [7, 11) is -8.18. The predicted molar refractivity (Wildman–Crippen MR) is 134 cm³/mol. The number of nitro groups is 1. The second kappa shape index (κ2) is 10.2. The molecule has 1 heterocycles. The molecule has 0 spiro atoms. The van der Waals surface area contributed by atoms with Crippen molar-refractivity contribution >= 4 is 42.7 Å². The molecule has 0 saturated heterocycles. The summed E-state index contributed by atoms with van der Waals surface area (Å²) in [6.07, 6.45) is 0. The van der Waals surface area contributed by atoms with Gasteiger partial charge < -0.3 is 13.3 Å². The van der Waals surface area contributed by atoms with Crippen molar-refractivity contribution in [2.45, 2.75) is 23.6 Å². The van der Waals surface area contributed by atoms with E-state index in [9.17, 15) is 31.7 Å². The van der Waals surface area contributed by atoms with Gasteiger partial charge in [0.05, 0.1) is 27.7 Å². The van der Waals surface area contributed by atoms with E-state index in [0.717, 1.165) is 18.2 Å². The molecule has 198 valence electrons. The van der Waals surface area contributed by atoms with Crippen molar-refractivity contribution in [3.05, 3.63) is 76.3 Å². The SMILES string of the molecule is CCOC(=O)c1ccccc1S(=O)(=O)Oc1ccc(-c2nc3cc(S(=O)(=O)CC)ccc3o2)cc1[N+](=O)[O-]. The molecule has 38 heavy (non-hydrogen) atoms. The number of hydrogen-bond donors (Lipinski definition) is 0. The van der Waals surface area contributed by atoms with E-state index < -0.39 is 47.2 Å². The van der Waals surface area contributed by atoms with E-state index in [1.54, 1.807) is 6.92 Å². The summed E-state index contributed by atoms with van der Waals surface area (Å²) >= 11 is 0. The zero-order valence-corrected chi connectivity index (χ0v) is 21.6. The van der Waals surface area contributed by atoms with Gasteiger partial charge in [0.25, 0.3) is 0 Å². The molecule has 4 aromatic rings. The molecule has 3 aromatic carbocycles. The fourth-order valence-electron chi connectivity index (χ4n) is 3.48. The largest absolute Gasteiger partial charge is 0.462 e. The predicted octanol–water partition coefficient (Wildman–Crippen LogP) is 4.14. The Balaban J connectivity index is 1.72. The van der Waals surface area contributed by atoms with E-state index >= 15 is 0 Å². The normalized spacial score (nSPS) is 11.8. The van der Waals surface area contributed by atoms with E-state index in [-0.39, 0.29) is 45.4 Å². The molecule has 0 bridgehead atoms. The molecule has 0 fully saturated rings. The molecule has 0 aliphatic heterocycles. The first-order valence-corrected chi connectivity index (χ1v) is 14.2. The number of carbonyl (C=O) groups is 1. The van der Waals surface area contributed by atoms with Gasteiger partial charge in [0.1, 0.15) is 10.4 Å². The third-order valence-corrected chi connectivity index (χ3v) is 8.38. The molecule has 0 aliphatic rings. The fourth-order valence-corrected chi connectivity index (χ4v) is 5.51. The summed E-state index contributed by atoms with van der Waals surface area (Å²) in [4.78, 5) is 26.9. The lowest BCUT2D eigenvalue weighted by atomic mass is 10.2. The number of benzene rings is 3. The summed E-state index contributed by atoms with van der Waals surface area (Å²) in [6.45, 7) is 3.07. The maximum atomic E-state index is 13.0. The summed E-state index contributed by atoms with van der Waals surface area (Å²) < 4.78 is 65.9. The molecule has 0 unspecified atom stereocenters. The number of esters is 1.